The molecule has 0 aliphatic carbocycles. The number of phenols is 1. The molecule has 0 fully saturated rings. The van der Waals surface area contributed by atoms with Gasteiger partial charge in [0.15, 0.2) is 0 Å². The third kappa shape index (κ3) is 2.53. The number of nitrogens with zero attached hydrogens (tertiary/aromatic N) is 1. The quantitative estimate of drug-likeness (QED) is 0.873. The molecule has 94 valence electrons. The highest BCUT2D eigenvalue weighted by molar-refractivity contribution is 5.64. The van der Waals surface area contributed by atoms with Crippen LogP contribution in [0.4, 0.5) is 0 Å². The van der Waals surface area contributed by atoms with Gasteiger partial charge in [-0.15, -0.1) is 0 Å². The molecule has 0 spiro atoms. The maximum absolute atomic E-state index is 9.35. The van der Waals surface area contributed by atoms with Crippen molar-refractivity contribution in [1.29, 1.82) is 0 Å². The van der Waals surface area contributed by atoms with Gasteiger partial charge in [-0.3, -0.25) is 4.98 Å². The molecule has 0 aliphatic rings. The van der Waals surface area contributed by atoms with Gasteiger partial charge in [-0.25, -0.2) is 0 Å². The highest BCUT2D eigenvalue weighted by Crippen LogP contribution is 2.31. The van der Waals surface area contributed by atoms with Crippen LogP contribution in [0.2, 0.25) is 0 Å². The SMILES string of the molecule is CC(C)C(C)c1cccnc1-c1ccc(O)cc1. The Balaban J connectivity index is 2.47. The van der Waals surface area contributed by atoms with Crippen molar-refractivity contribution in [2.45, 2.75) is 26.7 Å². The van der Waals surface area contributed by atoms with Crippen LogP contribution in [0.15, 0.2) is 42.6 Å². The van der Waals surface area contributed by atoms with Crippen LogP contribution in [-0.4, -0.2) is 10.1 Å². The van der Waals surface area contributed by atoms with E-state index in [4.69, 9.17) is 0 Å². The fourth-order valence-corrected chi connectivity index (χ4v) is 2.00. The molecule has 1 N–H and O–H groups in total. The summed E-state index contributed by atoms with van der Waals surface area (Å²) in [5.41, 5.74) is 3.33. The maximum atomic E-state index is 9.35. The number of hydrogen-bond acceptors (Lipinski definition) is 2. The minimum absolute atomic E-state index is 0.285. The maximum Gasteiger partial charge on any atom is 0.115 e. The molecule has 1 unspecified atom stereocenters. The summed E-state index contributed by atoms with van der Waals surface area (Å²) in [6, 6.07) is 11.3. The molecule has 0 saturated carbocycles. The zero-order valence-corrected chi connectivity index (χ0v) is 11.1. The lowest BCUT2D eigenvalue weighted by Crippen LogP contribution is -2.04. The lowest BCUT2D eigenvalue weighted by atomic mass is 9.87. The molecule has 2 aromatic rings. The molecule has 0 bridgehead atoms. The third-order valence-corrected chi connectivity index (χ3v) is 3.47. The minimum Gasteiger partial charge on any atom is -0.508 e. The van der Waals surface area contributed by atoms with Gasteiger partial charge >= 0.3 is 0 Å². The van der Waals surface area contributed by atoms with Crippen LogP contribution in [0.25, 0.3) is 11.3 Å². The van der Waals surface area contributed by atoms with Gasteiger partial charge in [0.05, 0.1) is 5.69 Å². The first kappa shape index (κ1) is 12.6. The van der Waals surface area contributed by atoms with E-state index in [1.54, 1.807) is 12.1 Å². The standard InChI is InChI=1S/C16H19NO/c1-11(2)12(3)15-5-4-10-17-16(15)13-6-8-14(18)9-7-13/h4-12,18H,1-3H3. The molecule has 18 heavy (non-hydrogen) atoms. The number of pyridine rings is 1. The Labute approximate surface area is 108 Å². The van der Waals surface area contributed by atoms with Crippen LogP contribution in [0.1, 0.15) is 32.3 Å². The Bertz CT molecular complexity index is 517. The van der Waals surface area contributed by atoms with Crippen molar-refractivity contribution in [1.82, 2.24) is 4.98 Å². The van der Waals surface area contributed by atoms with Crippen LogP contribution < -0.4 is 0 Å². The molecule has 0 radical (unpaired) electrons. The summed E-state index contributed by atoms with van der Waals surface area (Å²) in [6.45, 7) is 6.67. The summed E-state index contributed by atoms with van der Waals surface area (Å²) in [7, 11) is 0. The van der Waals surface area contributed by atoms with Crippen molar-refractivity contribution in [3.63, 3.8) is 0 Å². The van der Waals surface area contributed by atoms with Gasteiger partial charge in [0.1, 0.15) is 5.75 Å². The Morgan fingerprint density at radius 2 is 1.67 bits per heavy atom. The molecule has 2 nitrogen and oxygen atoms in total. The number of phenolic OH excluding ortho intramolecular Hbond substituents is 1. The lowest BCUT2D eigenvalue weighted by Gasteiger charge is -2.19. The normalized spacial score (nSPS) is 12.7. The molecule has 2 heteroatoms. The zero-order chi connectivity index (χ0) is 13.1. The summed E-state index contributed by atoms with van der Waals surface area (Å²) in [6.07, 6.45) is 1.82. The number of aromatic hydroxyl groups is 1. The first-order chi connectivity index (χ1) is 8.59. The molecule has 2 rings (SSSR count). The van der Waals surface area contributed by atoms with Crippen molar-refractivity contribution in [2.75, 3.05) is 0 Å². The second kappa shape index (κ2) is 5.21. The van der Waals surface area contributed by atoms with E-state index in [1.807, 2.05) is 24.4 Å². The Morgan fingerprint density at radius 1 is 1.00 bits per heavy atom. The first-order valence-corrected chi connectivity index (χ1v) is 6.34. The average Bonchev–Trinajstić information content (AvgIpc) is 2.39. The largest absolute Gasteiger partial charge is 0.508 e. The molecule has 1 aromatic carbocycles. The van der Waals surface area contributed by atoms with E-state index in [0.717, 1.165) is 11.3 Å². The van der Waals surface area contributed by atoms with Crippen LogP contribution >= 0.6 is 0 Å². The third-order valence-electron chi connectivity index (χ3n) is 3.47. The molecule has 1 atom stereocenters. The lowest BCUT2D eigenvalue weighted by molar-refractivity contribution is 0.475. The van der Waals surface area contributed by atoms with E-state index in [9.17, 15) is 5.11 Å². The molecule has 0 saturated heterocycles. The highest BCUT2D eigenvalue weighted by Gasteiger charge is 2.15. The van der Waals surface area contributed by atoms with Crippen LogP contribution in [0, 0.1) is 5.92 Å². The number of hydrogen-bond donors (Lipinski definition) is 1. The van der Waals surface area contributed by atoms with E-state index in [2.05, 4.69) is 31.8 Å². The van der Waals surface area contributed by atoms with E-state index >= 15 is 0 Å². The van der Waals surface area contributed by atoms with Gasteiger partial charge < -0.3 is 5.11 Å². The topological polar surface area (TPSA) is 33.1 Å². The van der Waals surface area contributed by atoms with Gasteiger partial charge in [0, 0.05) is 11.8 Å². The van der Waals surface area contributed by atoms with Gasteiger partial charge in [-0.05, 0) is 47.7 Å². The fourth-order valence-electron chi connectivity index (χ4n) is 2.00. The summed E-state index contributed by atoms with van der Waals surface area (Å²) in [4.78, 5) is 4.50. The predicted molar refractivity (Wildman–Crippen MR) is 74.6 cm³/mol. The van der Waals surface area contributed by atoms with E-state index in [1.165, 1.54) is 5.56 Å². The average molecular weight is 241 g/mol. The van der Waals surface area contributed by atoms with Crippen molar-refractivity contribution < 1.29 is 5.11 Å². The summed E-state index contributed by atoms with van der Waals surface area (Å²) in [5, 5.41) is 9.35. The van der Waals surface area contributed by atoms with E-state index < -0.39 is 0 Å². The number of rotatable bonds is 3. The molecule has 1 heterocycles. The summed E-state index contributed by atoms with van der Waals surface area (Å²) < 4.78 is 0. The highest BCUT2D eigenvalue weighted by atomic mass is 16.3. The van der Waals surface area contributed by atoms with Crippen LogP contribution in [0.3, 0.4) is 0 Å². The molecule has 1 aromatic heterocycles. The monoisotopic (exact) mass is 241 g/mol. The smallest absolute Gasteiger partial charge is 0.115 e. The first-order valence-electron chi connectivity index (χ1n) is 6.34. The second-order valence-electron chi connectivity index (χ2n) is 5.02. The second-order valence-corrected chi connectivity index (χ2v) is 5.02. The number of benzene rings is 1. The van der Waals surface area contributed by atoms with E-state index in [0.29, 0.717) is 11.8 Å². The van der Waals surface area contributed by atoms with Gasteiger partial charge in [-0.1, -0.05) is 26.8 Å². The van der Waals surface area contributed by atoms with Gasteiger partial charge in [-0.2, -0.15) is 0 Å². The fraction of sp³-hybridized carbons (Fsp3) is 0.312. The predicted octanol–water partition coefficient (Wildman–Crippen LogP) is 4.21. The van der Waals surface area contributed by atoms with Gasteiger partial charge in [0.2, 0.25) is 0 Å². The van der Waals surface area contributed by atoms with Crippen molar-refractivity contribution in [3.05, 3.63) is 48.2 Å². The van der Waals surface area contributed by atoms with Crippen molar-refractivity contribution in [2.24, 2.45) is 5.92 Å². The molecular formula is C16H19NO. The van der Waals surface area contributed by atoms with Crippen LogP contribution in [0.5, 0.6) is 5.75 Å². The summed E-state index contributed by atoms with van der Waals surface area (Å²) >= 11 is 0. The van der Waals surface area contributed by atoms with Gasteiger partial charge in [0.25, 0.3) is 0 Å². The Hall–Kier alpha value is -1.83. The molecule has 0 aliphatic heterocycles. The van der Waals surface area contributed by atoms with Crippen molar-refractivity contribution >= 4 is 0 Å². The Kier molecular flexibility index (Phi) is 3.66. The Morgan fingerprint density at radius 3 is 2.28 bits per heavy atom. The van der Waals surface area contributed by atoms with Crippen molar-refractivity contribution in [3.8, 4) is 17.0 Å². The zero-order valence-electron chi connectivity index (χ0n) is 11.1. The summed E-state index contributed by atoms with van der Waals surface area (Å²) in [5.74, 6) is 1.32. The molecular weight excluding hydrogens is 222 g/mol. The minimum atomic E-state index is 0.285. The molecule has 0 amide bonds. The van der Waals surface area contributed by atoms with Crippen LogP contribution in [-0.2, 0) is 0 Å². The van der Waals surface area contributed by atoms with E-state index in [-0.39, 0.29) is 5.75 Å². The number of aromatic nitrogens is 1.